The van der Waals surface area contributed by atoms with Crippen LogP contribution in [0.15, 0.2) is 168 Å². The van der Waals surface area contributed by atoms with Crippen LogP contribution in [0.25, 0.3) is 104 Å². The van der Waals surface area contributed by atoms with Crippen molar-refractivity contribution in [2.75, 3.05) is 0 Å². The Hall–Kier alpha value is -8.06. The van der Waals surface area contributed by atoms with Gasteiger partial charge in [0.1, 0.15) is 11.2 Å². The zero-order valence-corrected chi connectivity index (χ0v) is 29.7. The van der Waals surface area contributed by atoms with Gasteiger partial charge in [-0.15, -0.1) is 0 Å². The molecule has 0 amide bonds. The maximum absolute atomic E-state index is 9.94. The summed E-state index contributed by atoms with van der Waals surface area (Å²) in [6, 6.07) is 61.3. The van der Waals surface area contributed by atoms with Gasteiger partial charge >= 0.3 is 0 Å². The molecule has 6 heteroatoms. The van der Waals surface area contributed by atoms with Crippen molar-refractivity contribution in [3.05, 3.63) is 175 Å². The zero-order valence-electron chi connectivity index (χ0n) is 29.7. The van der Waals surface area contributed by atoms with Crippen molar-refractivity contribution in [3.63, 3.8) is 0 Å². The molecular weight excluding hydrogens is 687 g/mol. The summed E-state index contributed by atoms with van der Waals surface area (Å²) in [6.07, 6.45) is 0. The highest BCUT2D eigenvalue weighted by molar-refractivity contribution is 6.26. The maximum atomic E-state index is 9.94. The minimum absolute atomic E-state index is 0.626. The molecule has 4 heterocycles. The topological polar surface area (TPSA) is 75.5 Å². The monoisotopic (exact) mass is 713 g/mol. The average Bonchev–Trinajstić information content (AvgIpc) is 3.99. The van der Waals surface area contributed by atoms with Crippen molar-refractivity contribution in [3.8, 4) is 29.2 Å². The van der Waals surface area contributed by atoms with Gasteiger partial charge < -0.3 is 18.1 Å². The van der Waals surface area contributed by atoms with Crippen LogP contribution in [0, 0.1) is 22.7 Å². The van der Waals surface area contributed by atoms with Gasteiger partial charge in [-0.1, -0.05) is 60.7 Å². The van der Waals surface area contributed by atoms with E-state index in [9.17, 15) is 10.5 Å². The molecule has 0 aliphatic heterocycles. The molecule has 0 bridgehead atoms. The van der Waals surface area contributed by atoms with Crippen LogP contribution in [0.2, 0.25) is 0 Å². The van der Waals surface area contributed by atoms with Crippen LogP contribution in [0.5, 0.6) is 0 Å². The van der Waals surface area contributed by atoms with Gasteiger partial charge in [-0.05, 0) is 97.1 Å². The van der Waals surface area contributed by atoms with Crippen LogP contribution in [0.1, 0.15) is 11.1 Å². The van der Waals surface area contributed by atoms with Gasteiger partial charge in [0.05, 0.1) is 56.4 Å². The average molecular weight is 714 g/mol. The van der Waals surface area contributed by atoms with Crippen molar-refractivity contribution < 1.29 is 4.42 Å². The molecule has 0 spiro atoms. The molecule has 0 atom stereocenters. The van der Waals surface area contributed by atoms with Gasteiger partial charge in [0.25, 0.3) is 0 Å². The third-order valence-corrected chi connectivity index (χ3v) is 11.5. The van der Waals surface area contributed by atoms with Gasteiger partial charge in [0, 0.05) is 66.2 Å². The summed E-state index contributed by atoms with van der Waals surface area (Å²) in [7, 11) is 0. The first-order chi connectivity index (χ1) is 27.7. The van der Waals surface area contributed by atoms with Crippen LogP contribution in [-0.4, -0.2) is 13.7 Å². The summed E-state index contributed by atoms with van der Waals surface area (Å²) in [6.45, 7) is 0. The van der Waals surface area contributed by atoms with E-state index in [2.05, 4.69) is 147 Å². The smallest absolute Gasteiger partial charge is 0.137 e. The fourth-order valence-corrected chi connectivity index (χ4v) is 9.10. The second kappa shape index (κ2) is 11.2. The summed E-state index contributed by atoms with van der Waals surface area (Å²) in [5, 5.41) is 28.2. The number of fused-ring (bicyclic) bond motifs is 13. The van der Waals surface area contributed by atoms with Gasteiger partial charge in [-0.3, -0.25) is 0 Å². The normalized spacial score (nSPS) is 11.9. The van der Waals surface area contributed by atoms with E-state index in [-0.39, 0.29) is 0 Å². The van der Waals surface area contributed by atoms with E-state index >= 15 is 0 Å². The number of benzene rings is 8. The van der Waals surface area contributed by atoms with E-state index in [0.717, 1.165) is 104 Å². The Morgan fingerprint density at radius 1 is 0.357 bits per heavy atom. The Morgan fingerprint density at radius 2 is 0.929 bits per heavy atom. The number of nitrogens with zero attached hydrogens (tertiary/aromatic N) is 5. The molecule has 0 aliphatic rings. The molecule has 8 aromatic carbocycles. The number of hydrogen-bond donors (Lipinski definition) is 0. The van der Waals surface area contributed by atoms with Crippen molar-refractivity contribution in [1.29, 1.82) is 10.5 Å². The predicted octanol–water partition coefficient (Wildman–Crippen LogP) is 12.6. The number of rotatable bonds is 3. The Balaban J connectivity index is 1.12. The molecule has 4 aromatic heterocycles. The second-order valence-corrected chi connectivity index (χ2v) is 14.4. The summed E-state index contributed by atoms with van der Waals surface area (Å²) >= 11 is 0. The van der Waals surface area contributed by atoms with Crippen molar-refractivity contribution >= 4 is 87.4 Å². The molecule has 12 rings (SSSR count). The molecule has 0 saturated carbocycles. The van der Waals surface area contributed by atoms with E-state index in [4.69, 9.17) is 4.42 Å². The summed E-state index contributed by atoms with van der Waals surface area (Å²) in [5.41, 5.74) is 12.4. The lowest BCUT2D eigenvalue weighted by Crippen LogP contribution is -1.95. The summed E-state index contributed by atoms with van der Waals surface area (Å²) < 4.78 is 13.6. The van der Waals surface area contributed by atoms with Crippen LogP contribution in [0.3, 0.4) is 0 Å². The molecule has 0 N–H and O–H groups in total. The van der Waals surface area contributed by atoms with Crippen molar-refractivity contribution in [1.82, 2.24) is 13.7 Å². The standard InChI is InChI=1S/C50H27N5O/c51-28-30-14-20-44-39(24-30)35-10-4-6-12-42(35)54(44)33-17-23-47-41(26-33)36-18-16-34(27-48(36)56-47)55-45-21-15-31(29-52)25-40(45)37-19-22-46-49(50(37)55)38-11-5-7-13-43(38)53(46)32-8-2-1-3-9-32/h1-27H. The second-order valence-electron chi connectivity index (χ2n) is 14.4. The minimum atomic E-state index is 0.626. The van der Waals surface area contributed by atoms with E-state index < -0.39 is 0 Å². The molecule has 0 radical (unpaired) electrons. The largest absolute Gasteiger partial charge is 0.456 e. The maximum Gasteiger partial charge on any atom is 0.137 e. The molecule has 0 saturated heterocycles. The number of para-hydroxylation sites is 3. The predicted molar refractivity (Wildman–Crippen MR) is 226 cm³/mol. The van der Waals surface area contributed by atoms with E-state index in [0.29, 0.717) is 11.1 Å². The number of furan rings is 1. The van der Waals surface area contributed by atoms with Crippen molar-refractivity contribution in [2.24, 2.45) is 0 Å². The Bertz CT molecular complexity index is 3730. The lowest BCUT2D eigenvalue weighted by molar-refractivity contribution is 0.668. The number of nitriles is 2. The molecule has 6 nitrogen and oxygen atoms in total. The Kier molecular flexibility index (Phi) is 6.10. The van der Waals surface area contributed by atoms with Gasteiger partial charge in [0.15, 0.2) is 0 Å². The Morgan fingerprint density at radius 3 is 1.70 bits per heavy atom. The van der Waals surface area contributed by atoms with Gasteiger partial charge in [0.2, 0.25) is 0 Å². The third kappa shape index (κ3) is 4.07. The van der Waals surface area contributed by atoms with E-state index in [1.165, 1.54) is 0 Å². The van der Waals surface area contributed by atoms with Gasteiger partial charge in [-0.25, -0.2) is 0 Å². The molecule has 0 aliphatic carbocycles. The fraction of sp³-hybridized carbons (Fsp3) is 0. The molecule has 258 valence electrons. The van der Waals surface area contributed by atoms with Crippen LogP contribution in [-0.2, 0) is 0 Å². The highest BCUT2D eigenvalue weighted by Gasteiger charge is 2.22. The highest BCUT2D eigenvalue weighted by Crippen LogP contribution is 2.43. The minimum Gasteiger partial charge on any atom is -0.456 e. The molecule has 56 heavy (non-hydrogen) atoms. The van der Waals surface area contributed by atoms with Crippen LogP contribution in [0.4, 0.5) is 0 Å². The first kappa shape index (κ1) is 30.4. The molecular formula is C50H27N5O. The molecule has 12 aromatic rings. The van der Waals surface area contributed by atoms with Crippen LogP contribution < -0.4 is 0 Å². The number of hydrogen-bond acceptors (Lipinski definition) is 3. The van der Waals surface area contributed by atoms with Gasteiger partial charge in [-0.2, -0.15) is 10.5 Å². The summed E-state index contributed by atoms with van der Waals surface area (Å²) in [4.78, 5) is 0. The number of aromatic nitrogens is 3. The summed E-state index contributed by atoms with van der Waals surface area (Å²) in [5.74, 6) is 0. The van der Waals surface area contributed by atoms with E-state index in [1.807, 2.05) is 42.5 Å². The van der Waals surface area contributed by atoms with Crippen molar-refractivity contribution in [2.45, 2.75) is 0 Å². The molecule has 0 fully saturated rings. The van der Waals surface area contributed by atoms with E-state index in [1.54, 1.807) is 0 Å². The quantitative estimate of drug-likeness (QED) is 0.183. The third-order valence-electron chi connectivity index (χ3n) is 11.5. The fourth-order valence-electron chi connectivity index (χ4n) is 9.10. The van der Waals surface area contributed by atoms with Crippen LogP contribution >= 0.6 is 0 Å². The first-order valence-corrected chi connectivity index (χ1v) is 18.5. The molecule has 0 unspecified atom stereocenters. The Labute approximate surface area is 319 Å². The lowest BCUT2D eigenvalue weighted by Gasteiger charge is -2.10. The zero-order chi connectivity index (χ0) is 37.1. The highest BCUT2D eigenvalue weighted by atomic mass is 16.3. The SMILES string of the molecule is N#Cc1ccc2c(c1)c1ccccc1n2-c1ccc2oc3cc(-n4c5ccc(C#N)cc5c5ccc6c(c7ccccc7n6-c6ccccc6)c54)ccc3c2c1. The first-order valence-electron chi connectivity index (χ1n) is 18.5. The lowest BCUT2D eigenvalue weighted by atomic mass is 10.1.